The molecule has 0 amide bonds. The van der Waals surface area contributed by atoms with Gasteiger partial charge in [0, 0.05) is 31.3 Å². The number of nitrogens with zero attached hydrogens (tertiary/aromatic N) is 1. The van der Waals surface area contributed by atoms with E-state index in [1.54, 1.807) is 7.11 Å². The highest BCUT2D eigenvalue weighted by Gasteiger charge is 2.20. The quantitative estimate of drug-likeness (QED) is 0.768. The molecule has 4 nitrogen and oxygen atoms in total. The Kier molecular flexibility index (Phi) is 4.80. The number of hydrogen-bond donors (Lipinski definition) is 1. The number of rotatable bonds is 8. The number of ether oxygens (including phenoxy) is 1. The van der Waals surface area contributed by atoms with E-state index < -0.39 is 0 Å². The van der Waals surface area contributed by atoms with Gasteiger partial charge in [0.25, 0.3) is 0 Å². The van der Waals surface area contributed by atoms with E-state index in [-0.39, 0.29) is 0 Å². The normalized spacial score (nSPS) is 17.3. The van der Waals surface area contributed by atoms with Crippen LogP contribution in [0.4, 0.5) is 0 Å². The third-order valence-electron chi connectivity index (χ3n) is 3.45. The van der Waals surface area contributed by atoms with Gasteiger partial charge in [-0.3, -0.25) is 4.90 Å². The van der Waals surface area contributed by atoms with Crippen molar-refractivity contribution in [3.8, 4) is 0 Å². The first-order valence-electron chi connectivity index (χ1n) is 6.68. The Morgan fingerprint density at radius 2 is 2.33 bits per heavy atom. The average molecular weight is 252 g/mol. The number of likely N-dealkylation sites (N-methyl/N-ethyl adjacent to an activating group) is 1. The zero-order valence-corrected chi connectivity index (χ0v) is 11.6. The van der Waals surface area contributed by atoms with Crippen molar-refractivity contribution < 1.29 is 9.15 Å². The minimum absolute atomic E-state index is 0.396. The molecule has 4 heteroatoms. The van der Waals surface area contributed by atoms with Gasteiger partial charge in [-0.2, -0.15) is 0 Å². The molecule has 0 aromatic carbocycles. The van der Waals surface area contributed by atoms with E-state index in [2.05, 4.69) is 30.3 Å². The molecule has 1 aliphatic rings. The summed E-state index contributed by atoms with van der Waals surface area (Å²) in [5.41, 5.74) is 1.24. The molecule has 0 aliphatic heterocycles. The summed E-state index contributed by atoms with van der Waals surface area (Å²) >= 11 is 0. The van der Waals surface area contributed by atoms with Crippen molar-refractivity contribution in [1.29, 1.82) is 0 Å². The highest BCUT2D eigenvalue weighted by Crippen LogP contribution is 2.20. The van der Waals surface area contributed by atoms with E-state index in [0.29, 0.717) is 6.04 Å². The van der Waals surface area contributed by atoms with Crippen molar-refractivity contribution in [2.24, 2.45) is 0 Å². The molecule has 2 rings (SSSR count). The Morgan fingerprint density at radius 3 is 3.00 bits per heavy atom. The standard InChI is InChI=1S/C14H24N2O2/c1-11(9-17-3)16(2)8-14-6-12(10-18-14)7-15-13-4-5-13/h6,10-11,13,15H,4-5,7-9H2,1-3H3. The maximum absolute atomic E-state index is 5.59. The van der Waals surface area contributed by atoms with Crippen LogP contribution in [0.3, 0.4) is 0 Å². The third-order valence-corrected chi connectivity index (χ3v) is 3.45. The SMILES string of the molecule is COCC(C)N(C)Cc1cc(CNC2CC2)co1. The second-order valence-electron chi connectivity index (χ2n) is 5.30. The van der Waals surface area contributed by atoms with Crippen molar-refractivity contribution in [2.75, 3.05) is 20.8 Å². The summed E-state index contributed by atoms with van der Waals surface area (Å²) < 4.78 is 10.8. The average Bonchev–Trinajstić information content (AvgIpc) is 3.08. The van der Waals surface area contributed by atoms with Crippen molar-refractivity contribution in [2.45, 2.75) is 44.9 Å². The molecule has 1 saturated carbocycles. The summed E-state index contributed by atoms with van der Waals surface area (Å²) in [4.78, 5) is 2.24. The minimum Gasteiger partial charge on any atom is -0.468 e. The first-order chi connectivity index (χ1) is 8.69. The van der Waals surface area contributed by atoms with Gasteiger partial charge in [-0.25, -0.2) is 0 Å². The van der Waals surface area contributed by atoms with E-state index in [0.717, 1.165) is 31.5 Å². The van der Waals surface area contributed by atoms with E-state index >= 15 is 0 Å². The number of furan rings is 1. The van der Waals surface area contributed by atoms with E-state index in [4.69, 9.17) is 9.15 Å². The van der Waals surface area contributed by atoms with Crippen LogP contribution in [0, 0.1) is 0 Å². The lowest BCUT2D eigenvalue weighted by Gasteiger charge is -2.22. The van der Waals surface area contributed by atoms with Gasteiger partial charge in [-0.15, -0.1) is 0 Å². The zero-order valence-electron chi connectivity index (χ0n) is 11.6. The van der Waals surface area contributed by atoms with Crippen LogP contribution in [0.25, 0.3) is 0 Å². The molecule has 1 unspecified atom stereocenters. The molecule has 18 heavy (non-hydrogen) atoms. The fourth-order valence-corrected chi connectivity index (χ4v) is 1.92. The topological polar surface area (TPSA) is 37.6 Å². The number of hydrogen-bond acceptors (Lipinski definition) is 4. The lowest BCUT2D eigenvalue weighted by atomic mass is 10.2. The lowest BCUT2D eigenvalue weighted by molar-refractivity contribution is 0.108. The molecular weight excluding hydrogens is 228 g/mol. The van der Waals surface area contributed by atoms with Crippen LogP contribution in [0.2, 0.25) is 0 Å². The number of methoxy groups -OCH3 is 1. The van der Waals surface area contributed by atoms with Crippen molar-refractivity contribution in [3.63, 3.8) is 0 Å². The Bertz CT molecular complexity index is 360. The van der Waals surface area contributed by atoms with Gasteiger partial charge >= 0.3 is 0 Å². The molecule has 0 saturated heterocycles. The molecule has 0 bridgehead atoms. The Hall–Kier alpha value is -0.840. The van der Waals surface area contributed by atoms with E-state index in [1.165, 1.54) is 18.4 Å². The van der Waals surface area contributed by atoms with Crippen molar-refractivity contribution >= 4 is 0 Å². The maximum atomic E-state index is 5.59. The van der Waals surface area contributed by atoms with Crippen LogP contribution in [0.15, 0.2) is 16.7 Å². The van der Waals surface area contributed by atoms with Gasteiger partial charge in [-0.1, -0.05) is 0 Å². The fourth-order valence-electron chi connectivity index (χ4n) is 1.92. The molecular formula is C14H24N2O2. The molecule has 102 valence electrons. The molecule has 0 radical (unpaired) electrons. The number of nitrogens with one attached hydrogen (secondary N) is 1. The summed E-state index contributed by atoms with van der Waals surface area (Å²) in [5, 5.41) is 3.49. The minimum atomic E-state index is 0.396. The summed E-state index contributed by atoms with van der Waals surface area (Å²) in [7, 11) is 3.83. The highest BCUT2D eigenvalue weighted by atomic mass is 16.5. The predicted molar refractivity (Wildman–Crippen MR) is 71.4 cm³/mol. The summed E-state index contributed by atoms with van der Waals surface area (Å²) in [5.74, 6) is 1.02. The summed E-state index contributed by atoms with van der Waals surface area (Å²) in [6, 6.07) is 3.28. The van der Waals surface area contributed by atoms with Crippen LogP contribution in [0.5, 0.6) is 0 Å². The molecule has 1 aliphatic carbocycles. The third kappa shape index (κ3) is 4.12. The fraction of sp³-hybridized carbons (Fsp3) is 0.714. The van der Waals surface area contributed by atoms with Crippen LogP contribution >= 0.6 is 0 Å². The highest BCUT2D eigenvalue weighted by molar-refractivity contribution is 5.13. The van der Waals surface area contributed by atoms with Gasteiger partial charge in [0.15, 0.2) is 0 Å². The lowest BCUT2D eigenvalue weighted by Crippen LogP contribution is -2.31. The molecule has 1 N–H and O–H groups in total. The molecule has 1 aromatic rings. The molecule has 0 spiro atoms. The zero-order chi connectivity index (χ0) is 13.0. The van der Waals surface area contributed by atoms with Crippen LogP contribution in [-0.2, 0) is 17.8 Å². The van der Waals surface area contributed by atoms with Crippen LogP contribution in [-0.4, -0.2) is 37.7 Å². The van der Waals surface area contributed by atoms with E-state index in [1.807, 2.05) is 6.26 Å². The van der Waals surface area contributed by atoms with E-state index in [9.17, 15) is 0 Å². The largest absolute Gasteiger partial charge is 0.468 e. The molecule has 1 atom stereocenters. The summed E-state index contributed by atoms with van der Waals surface area (Å²) in [6.07, 6.45) is 4.50. The van der Waals surface area contributed by atoms with Gasteiger partial charge < -0.3 is 14.5 Å². The van der Waals surface area contributed by atoms with Crippen molar-refractivity contribution in [3.05, 3.63) is 23.7 Å². The van der Waals surface area contributed by atoms with Crippen molar-refractivity contribution in [1.82, 2.24) is 10.2 Å². The monoisotopic (exact) mass is 252 g/mol. The second-order valence-corrected chi connectivity index (χ2v) is 5.30. The van der Waals surface area contributed by atoms with Crippen LogP contribution < -0.4 is 5.32 Å². The maximum Gasteiger partial charge on any atom is 0.118 e. The van der Waals surface area contributed by atoms with Gasteiger partial charge in [-0.05, 0) is 32.9 Å². The second kappa shape index (κ2) is 6.36. The first kappa shape index (κ1) is 13.6. The van der Waals surface area contributed by atoms with Crippen LogP contribution in [0.1, 0.15) is 31.1 Å². The van der Waals surface area contributed by atoms with Gasteiger partial charge in [0.1, 0.15) is 5.76 Å². The van der Waals surface area contributed by atoms with Gasteiger partial charge in [0.2, 0.25) is 0 Å². The van der Waals surface area contributed by atoms with Gasteiger partial charge in [0.05, 0.1) is 19.4 Å². The Balaban J connectivity index is 1.77. The molecule has 1 fully saturated rings. The smallest absolute Gasteiger partial charge is 0.118 e. The summed E-state index contributed by atoms with van der Waals surface area (Å²) in [6.45, 7) is 4.65. The molecule has 1 aromatic heterocycles. The molecule has 1 heterocycles. The Morgan fingerprint density at radius 1 is 1.56 bits per heavy atom. The Labute approximate surface area is 109 Å². The predicted octanol–water partition coefficient (Wildman–Crippen LogP) is 2.00. The first-order valence-corrected chi connectivity index (χ1v) is 6.68.